The summed E-state index contributed by atoms with van der Waals surface area (Å²) in [5.74, 6) is 0.858. The van der Waals surface area contributed by atoms with Gasteiger partial charge in [0, 0.05) is 16.5 Å². The highest BCUT2D eigenvalue weighted by molar-refractivity contribution is 7.99. The molecular weight excluding hydrogens is 262 g/mol. The van der Waals surface area contributed by atoms with Gasteiger partial charge in [-0.1, -0.05) is 11.6 Å². The molecule has 17 heavy (non-hydrogen) atoms. The van der Waals surface area contributed by atoms with Gasteiger partial charge in [0.05, 0.1) is 6.61 Å². The Bertz CT molecular complexity index is 358. The number of thioether (sulfide) groups is 1. The largest absolute Gasteiger partial charge is 0.493 e. The van der Waals surface area contributed by atoms with Crippen molar-refractivity contribution >= 4 is 29.3 Å². The van der Waals surface area contributed by atoms with Crippen LogP contribution in [0.5, 0.6) is 5.75 Å². The monoisotopic (exact) mass is 275 g/mol. The van der Waals surface area contributed by atoms with Crippen molar-refractivity contribution in [2.75, 3.05) is 18.1 Å². The summed E-state index contributed by atoms with van der Waals surface area (Å²) in [6, 6.07) is 6.27. The van der Waals surface area contributed by atoms with Gasteiger partial charge in [0.2, 0.25) is 0 Å². The van der Waals surface area contributed by atoms with Crippen LogP contribution >= 0.6 is 23.4 Å². The van der Waals surface area contributed by atoms with Crippen molar-refractivity contribution in [3.63, 3.8) is 0 Å². The van der Waals surface area contributed by atoms with E-state index in [9.17, 15) is 4.79 Å². The number of halogens is 1. The maximum atomic E-state index is 10.4. The molecule has 0 aromatic heterocycles. The average molecular weight is 276 g/mol. The zero-order valence-electron chi connectivity index (χ0n) is 9.14. The lowest BCUT2D eigenvalue weighted by Crippen LogP contribution is -2.32. The first-order valence-corrected chi connectivity index (χ1v) is 6.57. The minimum absolute atomic E-state index is 0.388. The Kier molecular flexibility index (Phi) is 6.18. The molecule has 0 heterocycles. The number of nitrogens with two attached hydrogens (primary N) is 1. The van der Waals surface area contributed by atoms with E-state index in [1.807, 2.05) is 0 Å². The van der Waals surface area contributed by atoms with Crippen molar-refractivity contribution in [2.45, 2.75) is 6.04 Å². The number of hydrogen-bond acceptors (Lipinski definition) is 4. The summed E-state index contributed by atoms with van der Waals surface area (Å²) in [5.41, 5.74) is 5.35. The van der Waals surface area contributed by atoms with Gasteiger partial charge in [0.15, 0.2) is 0 Å². The first-order chi connectivity index (χ1) is 8.09. The molecule has 3 N–H and O–H groups in total. The molecule has 0 saturated carbocycles. The molecule has 4 nitrogen and oxygen atoms in total. The minimum atomic E-state index is -0.976. The Morgan fingerprint density at radius 3 is 2.71 bits per heavy atom. The number of carbonyl (C=O) groups is 1. The molecule has 1 aromatic carbocycles. The molecule has 1 aromatic rings. The third kappa shape index (κ3) is 5.81. The number of carboxylic acids is 1. The van der Waals surface area contributed by atoms with Gasteiger partial charge in [-0.25, -0.2) is 0 Å². The fraction of sp³-hybridized carbons (Fsp3) is 0.364. The normalized spacial score (nSPS) is 12.1. The van der Waals surface area contributed by atoms with Crippen molar-refractivity contribution in [1.82, 2.24) is 0 Å². The van der Waals surface area contributed by atoms with Gasteiger partial charge in [-0.2, -0.15) is 11.8 Å². The van der Waals surface area contributed by atoms with Gasteiger partial charge < -0.3 is 15.6 Å². The molecule has 1 rings (SSSR count). The highest BCUT2D eigenvalue weighted by Crippen LogP contribution is 2.15. The fourth-order valence-electron chi connectivity index (χ4n) is 1.03. The number of carboxylic acid groups (broad SMARTS) is 1. The molecule has 6 heteroatoms. The van der Waals surface area contributed by atoms with Gasteiger partial charge >= 0.3 is 5.97 Å². The molecule has 1 atom stereocenters. The summed E-state index contributed by atoms with van der Waals surface area (Å²) < 4.78 is 5.44. The molecule has 0 amide bonds. The van der Waals surface area contributed by atoms with E-state index < -0.39 is 12.0 Å². The second kappa shape index (κ2) is 7.42. The minimum Gasteiger partial charge on any atom is -0.493 e. The Morgan fingerprint density at radius 1 is 1.47 bits per heavy atom. The van der Waals surface area contributed by atoms with Gasteiger partial charge in [-0.3, -0.25) is 4.79 Å². The van der Waals surface area contributed by atoms with Gasteiger partial charge in [-0.05, 0) is 24.3 Å². The summed E-state index contributed by atoms with van der Waals surface area (Å²) >= 11 is 7.19. The first kappa shape index (κ1) is 14.2. The summed E-state index contributed by atoms with van der Waals surface area (Å²) in [6.45, 7) is 0.513. The Balaban J connectivity index is 2.12. The van der Waals surface area contributed by atoms with Gasteiger partial charge in [0.1, 0.15) is 11.8 Å². The standard InChI is InChI=1S/C11H14ClNO3S/c12-8-1-3-9(4-2-8)16-5-6-17-7-10(13)11(14)15/h1-4,10H,5-7,13H2,(H,14,15)/t10-/m0/s1. The van der Waals surface area contributed by atoms with Gasteiger partial charge in [0.25, 0.3) is 0 Å². The highest BCUT2D eigenvalue weighted by Gasteiger charge is 2.10. The number of hydrogen-bond donors (Lipinski definition) is 2. The van der Waals surface area contributed by atoms with E-state index >= 15 is 0 Å². The van der Waals surface area contributed by atoms with Crippen LogP contribution in [0.2, 0.25) is 5.02 Å². The number of benzene rings is 1. The van der Waals surface area contributed by atoms with E-state index in [4.69, 9.17) is 27.2 Å². The predicted octanol–water partition coefficient (Wildman–Crippen LogP) is 1.86. The summed E-state index contributed by atoms with van der Waals surface area (Å²) in [7, 11) is 0. The first-order valence-electron chi connectivity index (χ1n) is 5.04. The molecule has 0 bridgehead atoms. The van der Waals surface area contributed by atoms with E-state index in [2.05, 4.69) is 0 Å². The lowest BCUT2D eigenvalue weighted by molar-refractivity contribution is -0.137. The molecule has 0 radical (unpaired) electrons. The number of aliphatic carboxylic acids is 1. The van der Waals surface area contributed by atoms with Crippen LogP contribution in [-0.2, 0) is 4.79 Å². The molecule has 0 fully saturated rings. The van der Waals surface area contributed by atoms with Crippen LogP contribution in [0.1, 0.15) is 0 Å². The fourth-order valence-corrected chi connectivity index (χ4v) is 1.92. The second-order valence-corrected chi connectivity index (χ2v) is 4.91. The van der Waals surface area contributed by atoms with Crippen molar-refractivity contribution in [1.29, 1.82) is 0 Å². The van der Waals surface area contributed by atoms with Crippen LogP contribution in [0.4, 0.5) is 0 Å². The zero-order chi connectivity index (χ0) is 12.7. The van der Waals surface area contributed by atoms with Crippen LogP contribution in [0.15, 0.2) is 24.3 Å². The molecular formula is C11H14ClNO3S. The molecule has 0 spiro atoms. The van der Waals surface area contributed by atoms with Gasteiger partial charge in [-0.15, -0.1) is 0 Å². The zero-order valence-corrected chi connectivity index (χ0v) is 10.7. The maximum Gasteiger partial charge on any atom is 0.321 e. The highest BCUT2D eigenvalue weighted by atomic mass is 35.5. The van der Waals surface area contributed by atoms with E-state index in [-0.39, 0.29) is 0 Å². The Labute approximate surface area is 109 Å². The van der Waals surface area contributed by atoms with Crippen LogP contribution in [0, 0.1) is 0 Å². The lowest BCUT2D eigenvalue weighted by atomic mass is 10.3. The quantitative estimate of drug-likeness (QED) is 0.743. The van der Waals surface area contributed by atoms with Crippen molar-refractivity contribution in [3.8, 4) is 5.75 Å². The summed E-state index contributed by atoms with van der Waals surface area (Å²) in [4.78, 5) is 10.4. The Hall–Kier alpha value is -0.910. The molecule has 0 aliphatic carbocycles. The van der Waals surface area contributed by atoms with Crippen molar-refractivity contribution in [3.05, 3.63) is 29.3 Å². The second-order valence-electron chi connectivity index (χ2n) is 3.32. The van der Waals surface area contributed by atoms with Crippen LogP contribution < -0.4 is 10.5 Å². The van der Waals surface area contributed by atoms with Crippen LogP contribution in [0.3, 0.4) is 0 Å². The third-order valence-corrected chi connectivity index (χ3v) is 3.23. The van der Waals surface area contributed by atoms with Crippen molar-refractivity contribution < 1.29 is 14.6 Å². The van der Waals surface area contributed by atoms with Crippen molar-refractivity contribution in [2.24, 2.45) is 5.73 Å². The maximum absolute atomic E-state index is 10.4. The summed E-state index contributed by atoms with van der Waals surface area (Å²) in [6.07, 6.45) is 0. The van der Waals surface area contributed by atoms with E-state index in [1.54, 1.807) is 24.3 Å². The molecule has 0 aliphatic heterocycles. The Morgan fingerprint density at radius 2 is 2.12 bits per heavy atom. The smallest absolute Gasteiger partial charge is 0.321 e. The average Bonchev–Trinajstić information content (AvgIpc) is 2.30. The third-order valence-electron chi connectivity index (χ3n) is 1.92. The van der Waals surface area contributed by atoms with Crippen LogP contribution in [-0.4, -0.2) is 35.2 Å². The number of ether oxygens (including phenoxy) is 1. The topological polar surface area (TPSA) is 72.5 Å². The van der Waals surface area contributed by atoms with E-state index in [1.165, 1.54) is 11.8 Å². The molecule has 0 aliphatic rings. The summed E-state index contributed by atoms with van der Waals surface area (Å²) in [5, 5.41) is 9.23. The van der Waals surface area contributed by atoms with Crippen LogP contribution in [0.25, 0.3) is 0 Å². The molecule has 0 saturated heterocycles. The number of rotatable bonds is 7. The molecule has 94 valence electrons. The predicted molar refractivity (Wildman–Crippen MR) is 69.9 cm³/mol. The molecule has 0 unspecified atom stereocenters. The SMILES string of the molecule is N[C@@H](CSCCOc1ccc(Cl)cc1)C(=O)O. The van der Waals surface area contributed by atoms with E-state index in [0.29, 0.717) is 23.1 Å². The lowest BCUT2D eigenvalue weighted by Gasteiger charge is -2.07. The van der Waals surface area contributed by atoms with E-state index in [0.717, 1.165) is 5.75 Å².